The molecule has 0 aromatic heterocycles. The molecule has 1 saturated heterocycles. The van der Waals surface area contributed by atoms with Crippen molar-refractivity contribution in [3.63, 3.8) is 0 Å². The highest BCUT2D eigenvalue weighted by Gasteiger charge is 2.35. The summed E-state index contributed by atoms with van der Waals surface area (Å²) in [5.41, 5.74) is 4.33. The number of carbonyl (C=O) groups is 5. The maximum absolute atomic E-state index is 12.9. The van der Waals surface area contributed by atoms with Crippen molar-refractivity contribution in [2.45, 2.75) is 71.6 Å². The van der Waals surface area contributed by atoms with Crippen molar-refractivity contribution in [3.05, 3.63) is 0 Å². The maximum Gasteiger partial charge on any atom is 0.408 e. The number of carboxylic acid groups (broad SMARTS) is 1. The highest BCUT2D eigenvalue weighted by Crippen LogP contribution is 2.20. The normalized spacial score (nSPS) is 16.9. The average Bonchev–Trinajstić information content (AvgIpc) is 2.63. The Labute approximate surface area is 182 Å². The summed E-state index contributed by atoms with van der Waals surface area (Å²) in [7, 11) is 0. The number of aliphatic carboxylic acids is 1. The second kappa shape index (κ2) is 11.0. The summed E-state index contributed by atoms with van der Waals surface area (Å²) < 4.78 is 5.23. The van der Waals surface area contributed by atoms with Crippen LogP contribution in [0.15, 0.2) is 0 Å². The Kier molecular flexibility index (Phi) is 9.26. The standard InChI is InChI=1S/C20H34N4O7/c1-11(2)15(23-19(30)31-20(3,4)5)17(27)24-8-6-12(7-9-24)16(26)22-13(18(28)29)10-14(21)25/h11-13,15H,6-10H2,1-5H3,(H2,21,25)(H,22,26)(H,23,30)(H,28,29)/t13-,15-/m0/s1. The highest BCUT2D eigenvalue weighted by atomic mass is 16.6. The minimum Gasteiger partial charge on any atom is -0.480 e. The predicted octanol–water partition coefficient (Wildman–Crippen LogP) is 0.219. The third kappa shape index (κ3) is 8.81. The first-order valence-electron chi connectivity index (χ1n) is 10.3. The lowest BCUT2D eigenvalue weighted by molar-refractivity contribution is -0.144. The van der Waals surface area contributed by atoms with Crippen LogP contribution in [0.4, 0.5) is 4.79 Å². The highest BCUT2D eigenvalue weighted by molar-refractivity contribution is 5.89. The predicted molar refractivity (Wildman–Crippen MR) is 111 cm³/mol. The number of nitrogens with one attached hydrogen (secondary N) is 2. The molecule has 0 saturated carbocycles. The average molecular weight is 443 g/mol. The van der Waals surface area contributed by atoms with E-state index in [1.807, 2.05) is 13.8 Å². The van der Waals surface area contributed by atoms with Gasteiger partial charge >= 0.3 is 12.1 Å². The maximum atomic E-state index is 12.9. The van der Waals surface area contributed by atoms with Crippen LogP contribution in [0.2, 0.25) is 0 Å². The Morgan fingerprint density at radius 1 is 1.10 bits per heavy atom. The van der Waals surface area contributed by atoms with Crippen molar-refractivity contribution in [1.29, 1.82) is 0 Å². The number of amides is 4. The van der Waals surface area contributed by atoms with Gasteiger partial charge in [0.25, 0.3) is 0 Å². The number of hydrogen-bond donors (Lipinski definition) is 4. The molecule has 1 heterocycles. The van der Waals surface area contributed by atoms with Crippen molar-refractivity contribution >= 4 is 29.8 Å². The van der Waals surface area contributed by atoms with Crippen LogP contribution in [0.3, 0.4) is 0 Å². The zero-order chi connectivity index (χ0) is 23.9. The topological polar surface area (TPSA) is 168 Å². The van der Waals surface area contributed by atoms with E-state index in [9.17, 15) is 24.0 Å². The van der Waals surface area contributed by atoms with E-state index < -0.39 is 53.9 Å². The minimum atomic E-state index is -1.38. The molecule has 0 aromatic rings. The van der Waals surface area contributed by atoms with Crippen LogP contribution in [0.25, 0.3) is 0 Å². The van der Waals surface area contributed by atoms with Gasteiger partial charge < -0.3 is 31.1 Å². The third-order valence-electron chi connectivity index (χ3n) is 4.80. The van der Waals surface area contributed by atoms with Crippen LogP contribution in [-0.4, -0.2) is 70.6 Å². The van der Waals surface area contributed by atoms with E-state index in [0.717, 1.165) is 0 Å². The number of carboxylic acids is 1. The Morgan fingerprint density at radius 3 is 2.06 bits per heavy atom. The Morgan fingerprint density at radius 2 is 1.65 bits per heavy atom. The molecule has 4 amide bonds. The van der Waals surface area contributed by atoms with Crippen molar-refractivity contribution in [2.75, 3.05) is 13.1 Å². The van der Waals surface area contributed by atoms with Crippen molar-refractivity contribution in [2.24, 2.45) is 17.6 Å². The molecule has 1 aliphatic heterocycles. The van der Waals surface area contributed by atoms with Crippen molar-refractivity contribution < 1.29 is 33.8 Å². The van der Waals surface area contributed by atoms with E-state index in [1.165, 1.54) is 0 Å². The summed E-state index contributed by atoms with van der Waals surface area (Å²) in [6, 6.07) is -2.15. The molecule has 176 valence electrons. The van der Waals surface area contributed by atoms with E-state index in [-0.39, 0.29) is 24.9 Å². The molecule has 1 fully saturated rings. The fourth-order valence-electron chi connectivity index (χ4n) is 3.20. The van der Waals surface area contributed by atoms with Crippen LogP contribution < -0.4 is 16.4 Å². The first kappa shape index (κ1) is 26.2. The van der Waals surface area contributed by atoms with E-state index in [0.29, 0.717) is 12.8 Å². The second-order valence-electron chi connectivity index (χ2n) is 9.04. The van der Waals surface area contributed by atoms with Crippen LogP contribution in [0.1, 0.15) is 53.9 Å². The molecule has 1 rings (SSSR count). The van der Waals surface area contributed by atoms with E-state index in [2.05, 4.69) is 10.6 Å². The van der Waals surface area contributed by atoms with Gasteiger partial charge in [0.1, 0.15) is 17.7 Å². The van der Waals surface area contributed by atoms with E-state index >= 15 is 0 Å². The van der Waals surface area contributed by atoms with Crippen LogP contribution in [-0.2, 0) is 23.9 Å². The lowest BCUT2D eigenvalue weighted by Gasteiger charge is -2.35. The molecular formula is C20H34N4O7. The number of alkyl carbamates (subject to hydrolysis) is 1. The van der Waals surface area contributed by atoms with Gasteiger partial charge in [-0.3, -0.25) is 14.4 Å². The molecule has 0 aromatic carbocycles. The number of nitrogens with two attached hydrogens (primary N) is 1. The molecule has 2 atom stereocenters. The number of carbonyl (C=O) groups excluding carboxylic acids is 4. The molecule has 11 nitrogen and oxygen atoms in total. The number of ether oxygens (including phenoxy) is 1. The third-order valence-corrected chi connectivity index (χ3v) is 4.80. The fraction of sp³-hybridized carbons (Fsp3) is 0.750. The molecule has 0 unspecified atom stereocenters. The summed E-state index contributed by atoms with van der Waals surface area (Å²) in [4.78, 5) is 61.2. The fourth-order valence-corrected chi connectivity index (χ4v) is 3.20. The first-order valence-corrected chi connectivity index (χ1v) is 10.3. The zero-order valence-electron chi connectivity index (χ0n) is 18.8. The number of nitrogens with zero attached hydrogens (tertiary/aromatic N) is 1. The minimum absolute atomic E-state index is 0.175. The van der Waals surface area contributed by atoms with Gasteiger partial charge in [0, 0.05) is 19.0 Å². The van der Waals surface area contributed by atoms with Gasteiger partial charge in [0.05, 0.1) is 6.42 Å². The van der Waals surface area contributed by atoms with Gasteiger partial charge in [-0.1, -0.05) is 13.8 Å². The van der Waals surface area contributed by atoms with Gasteiger partial charge in [-0.2, -0.15) is 0 Å². The molecule has 31 heavy (non-hydrogen) atoms. The summed E-state index contributed by atoms with van der Waals surface area (Å²) in [5, 5.41) is 14.1. The number of primary amides is 1. The van der Waals surface area contributed by atoms with Gasteiger partial charge in [-0.25, -0.2) is 9.59 Å². The number of hydrogen-bond acceptors (Lipinski definition) is 6. The first-order chi connectivity index (χ1) is 14.2. The van der Waals surface area contributed by atoms with Crippen molar-refractivity contribution in [1.82, 2.24) is 15.5 Å². The van der Waals surface area contributed by atoms with E-state index in [4.69, 9.17) is 15.6 Å². The summed E-state index contributed by atoms with van der Waals surface area (Å²) >= 11 is 0. The molecule has 5 N–H and O–H groups in total. The van der Waals surface area contributed by atoms with E-state index in [1.54, 1.807) is 25.7 Å². The molecule has 0 bridgehead atoms. The monoisotopic (exact) mass is 442 g/mol. The molecule has 11 heteroatoms. The zero-order valence-corrected chi connectivity index (χ0v) is 18.8. The van der Waals surface area contributed by atoms with Crippen molar-refractivity contribution in [3.8, 4) is 0 Å². The van der Waals surface area contributed by atoms with Crippen LogP contribution >= 0.6 is 0 Å². The Bertz CT molecular complexity index is 694. The summed E-state index contributed by atoms with van der Waals surface area (Å²) in [5.74, 6) is -3.59. The van der Waals surface area contributed by atoms with Crippen LogP contribution in [0.5, 0.6) is 0 Å². The number of likely N-dealkylation sites (tertiary alicyclic amines) is 1. The smallest absolute Gasteiger partial charge is 0.408 e. The van der Waals surface area contributed by atoms with Gasteiger partial charge in [-0.05, 0) is 39.5 Å². The van der Waals surface area contributed by atoms with Gasteiger partial charge in [0.15, 0.2) is 0 Å². The molecule has 0 aliphatic carbocycles. The summed E-state index contributed by atoms with van der Waals surface area (Å²) in [6.07, 6.45) is -0.511. The largest absolute Gasteiger partial charge is 0.480 e. The lowest BCUT2D eigenvalue weighted by Crippen LogP contribution is -2.54. The molecule has 1 aliphatic rings. The Hall–Kier alpha value is -2.85. The SMILES string of the molecule is CC(C)[C@H](NC(=O)OC(C)(C)C)C(=O)N1CCC(C(=O)N[C@@H](CC(N)=O)C(=O)O)CC1. The lowest BCUT2D eigenvalue weighted by atomic mass is 9.94. The summed E-state index contributed by atoms with van der Waals surface area (Å²) in [6.45, 7) is 9.37. The Balaban J connectivity index is 2.67. The van der Waals surface area contributed by atoms with Gasteiger partial charge in [0.2, 0.25) is 17.7 Å². The number of rotatable bonds is 8. The van der Waals surface area contributed by atoms with Gasteiger partial charge in [-0.15, -0.1) is 0 Å². The molecular weight excluding hydrogens is 408 g/mol. The quantitative estimate of drug-likeness (QED) is 0.417. The number of piperidine rings is 1. The second-order valence-corrected chi connectivity index (χ2v) is 9.04. The van der Waals surface area contributed by atoms with Crippen LogP contribution in [0, 0.1) is 11.8 Å². The molecule has 0 radical (unpaired) electrons. The molecule has 0 spiro atoms.